The second kappa shape index (κ2) is 9.21. The van der Waals surface area contributed by atoms with Gasteiger partial charge in [-0.3, -0.25) is 0 Å². The van der Waals surface area contributed by atoms with Crippen LogP contribution in [0.5, 0.6) is 0 Å². The first-order valence-electron chi connectivity index (χ1n) is 12.2. The van der Waals surface area contributed by atoms with Gasteiger partial charge in [-0.15, -0.1) is 0 Å². The molecule has 0 aromatic heterocycles. The van der Waals surface area contributed by atoms with Crippen LogP contribution in [0.3, 0.4) is 0 Å². The van der Waals surface area contributed by atoms with Crippen LogP contribution in [0.2, 0.25) is 0 Å². The average molecular weight is 428 g/mol. The molecule has 3 aromatic rings. The topological polar surface area (TPSA) is 46.2 Å². The summed E-state index contributed by atoms with van der Waals surface area (Å²) < 4.78 is 0. The maximum absolute atomic E-state index is 11.3. The van der Waals surface area contributed by atoms with Crippen LogP contribution < -0.4 is 5.73 Å². The quantitative estimate of drug-likeness (QED) is 0.425. The van der Waals surface area contributed by atoms with Gasteiger partial charge in [-0.2, -0.15) is 0 Å². The molecule has 1 fully saturated rings. The van der Waals surface area contributed by atoms with Crippen LogP contribution >= 0.6 is 0 Å². The van der Waals surface area contributed by atoms with E-state index in [2.05, 4.69) is 105 Å². The van der Waals surface area contributed by atoms with Gasteiger partial charge in [0, 0.05) is 11.0 Å². The number of hydrogen-bond donors (Lipinski definition) is 2. The Labute approximate surface area is 193 Å². The third-order valence-corrected chi connectivity index (χ3v) is 8.27. The van der Waals surface area contributed by atoms with Crippen molar-refractivity contribution >= 4 is 0 Å². The summed E-state index contributed by atoms with van der Waals surface area (Å²) in [4.78, 5) is 0. The first kappa shape index (κ1) is 22.8. The third-order valence-electron chi connectivity index (χ3n) is 8.27. The smallest absolute Gasteiger partial charge is 0.0821 e. The van der Waals surface area contributed by atoms with E-state index in [1.807, 2.05) is 0 Å². The molecular weight excluding hydrogens is 390 g/mol. The van der Waals surface area contributed by atoms with E-state index in [9.17, 15) is 5.11 Å². The zero-order valence-corrected chi connectivity index (χ0v) is 19.5. The van der Waals surface area contributed by atoms with Crippen molar-refractivity contribution in [2.24, 2.45) is 11.7 Å². The fourth-order valence-electron chi connectivity index (χ4n) is 6.30. The molecule has 0 radical (unpaired) electrons. The van der Waals surface area contributed by atoms with Crippen LogP contribution in [0.15, 0.2) is 91.0 Å². The summed E-state index contributed by atoms with van der Waals surface area (Å²) in [5, 5.41) is 11.3. The Bertz CT molecular complexity index is 874. The molecule has 0 amide bonds. The predicted molar refractivity (Wildman–Crippen MR) is 134 cm³/mol. The highest BCUT2D eigenvalue weighted by atomic mass is 16.3. The summed E-state index contributed by atoms with van der Waals surface area (Å²) in [6, 6.07) is 32.9. The minimum absolute atomic E-state index is 0.248. The molecule has 1 saturated carbocycles. The van der Waals surface area contributed by atoms with E-state index >= 15 is 0 Å². The van der Waals surface area contributed by atoms with Crippen LogP contribution in [-0.2, 0) is 5.41 Å². The van der Waals surface area contributed by atoms with Gasteiger partial charge in [0.2, 0.25) is 0 Å². The van der Waals surface area contributed by atoms with Crippen LogP contribution in [0, 0.1) is 5.92 Å². The molecule has 0 heterocycles. The normalized spacial score (nSPS) is 21.9. The van der Waals surface area contributed by atoms with E-state index in [4.69, 9.17) is 5.73 Å². The lowest BCUT2D eigenvalue weighted by atomic mass is 9.55. The molecule has 0 unspecified atom stereocenters. The average Bonchev–Trinajstić information content (AvgIpc) is 2.87. The SMILES string of the molecule is CCC(O)(CC)C1(N)CCC(C(c2ccccc2)(c2ccccc2)c2ccccc2)CC1. The Morgan fingerprint density at radius 3 is 1.38 bits per heavy atom. The van der Waals surface area contributed by atoms with Crippen molar-refractivity contribution < 1.29 is 5.11 Å². The molecule has 0 atom stereocenters. The van der Waals surface area contributed by atoms with Crippen LogP contribution in [0.25, 0.3) is 0 Å². The number of rotatable bonds is 7. The van der Waals surface area contributed by atoms with E-state index in [0.29, 0.717) is 18.8 Å². The summed E-state index contributed by atoms with van der Waals surface area (Å²) in [6.07, 6.45) is 5.04. The summed E-state index contributed by atoms with van der Waals surface area (Å²) >= 11 is 0. The molecule has 0 aliphatic heterocycles. The molecule has 2 nitrogen and oxygen atoms in total. The standard InChI is InChI=1S/C30H37NO/c1-3-29(32,4-2)28(31)22-20-27(21-23-28)30(24-14-8-5-9-15-24,25-16-10-6-11-17-25)26-18-12-7-13-19-26/h5-19,27,32H,3-4,20-23,31H2,1-2H3. The Hall–Kier alpha value is -2.42. The van der Waals surface area contributed by atoms with E-state index in [1.54, 1.807) is 0 Å². The van der Waals surface area contributed by atoms with Crippen molar-refractivity contribution in [3.8, 4) is 0 Å². The second-order valence-corrected chi connectivity index (χ2v) is 9.58. The van der Waals surface area contributed by atoms with Gasteiger partial charge in [-0.1, -0.05) is 105 Å². The largest absolute Gasteiger partial charge is 0.388 e. The van der Waals surface area contributed by atoms with Crippen molar-refractivity contribution in [1.29, 1.82) is 0 Å². The van der Waals surface area contributed by atoms with Gasteiger partial charge in [-0.05, 0) is 61.1 Å². The summed E-state index contributed by atoms with van der Waals surface area (Å²) in [5.74, 6) is 0.393. The van der Waals surface area contributed by atoms with Gasteiger partial charge < -0.3 is 10.8 Å². The number of nitrogens with two attached hydrogens (primary N) is 1. The number of hydrogen-bond acceptors (Lipinski definition) is 2. The highest BCUT2D eigenvalue weighted by Gasteiger charge is 2.51. The van der Waals surface area contributed by atoms with E-state index < -0.39 is 11.1 Å². The Kier molecular flexibility index (Phi) is 6.55. The highest BCUT2D eigenvalue weighted by Crippen LogP contribution is 2.53. The van der Waals surface area contributed by atoms with Gasteiger partial charge in [0.15, 0.2) is 0 Å². The van der Waals surface area contributed by atoms with Gasteiger partial charge in [0.25, 0.3) is 0 Å². The summed E-state index contributed by atoms with van der Waals surface area (Å²) in [7, 11) is 0. The zero-order chi connectivity index (χ0) is 22.7. The van der Waals surface area contributed by atoms with Crippen molar-refractivity contribution in [1.82, 2.24) is 0 Å². The molecule has 3 aromatic carbocycles. The molecule has 4 rings (SSSR count). The monoisotopic (exact) mass is 427 g/mol. The van der Waals surface area contributed by atoms with Crippen molar-refractivity contribution in [2.45, 2.75) is 68.9 Å². The molecule has 32 heavy (non-hydrogen) atoms. The van der Waals surface area contributed by atoms with Crippen LogP contribution in [-0.4, -0.2) is 16.2 Å². The molecule has 0 bridgehead atoms. The maximum atomic E-state index is 11.3. The second-order valence-electron chi connectivity index (χ2n) is 9.58. The van der Waals surface area contributed by atoms with Crippen molar-refractivity contribution in [3.63, 3.8) is 0 Å². The van der Waals surface area contributed by atoms with E-state index in [-0.39, 0.29) is 5.41 Å². The highest BCUT2D eigenvalue weighted by molar-refractivity contribution is 5.51. The van der Waals surface area contributed by atoms with Crippen molar-refractivity contribution in [2.75, 3.05) is 0 Å². The van der Waals surface area contributed by atoms with Gasteiger partial charge in [0.05, 0.1) is 5.60 Å². The van der Waals surface area contributed by atoms with Crippen LogP contribution in [0.1, 0.15) is 69.1 Å². The lowest BCUT2D eigenvalue weighted by molar-refractivity contribution is -0.0651. The minimum Gasteiger partial charge on any atom is -0.388 e. The van der Waals surface area contributed by atoms with E-state index in [0.717, 1.165) is 25.7 Å². The Morgan fingerprint density at radius 1 is 0.719 bits per heavy atom. The lowest BCUT2D eigenvalue weighted by Crippen LogP contribution is -2.62. The molecule has 3 N–H and O–H groups in total. The van der Waals surface area contributed by atoms with Gasteiger partial charge >= 0.3 is 0 Å². The molecule has 2 heteroatoms. The van der Waals surface area contributed by atoms with E-state index in [1.165, 1.54) is 16.7 Å². The Balaban J connectivity index is 1.85. The Morgan fingerprint density at radius 2 is 1.06 bits per heavy atom. The molecular formula is C30H37NO. The molecule has 1 aliphatic rings. The molecule has 168 valence electrons. The molecule has 1 aliphatic carbocycles. The lowest BCUT2D eigenvalue weighted by Gasteiger charge is -2.52. The van der Waals surface area contributed by atoms with Gasteiger partial charge in [0.1, 0.15) is 0 Å². The summed E-state index contributed by atoms with van der Waals surface area (Å²) in [6.45, 7) is 4.12. The fourth-order valence-corrected chi connectivity index (χ4v) is 6.30. The van der Waals surface area contributed by atoms with Crippen molar-refractivity contribution in [3.05, 3.63) is 108 Å². The molecule has 0 spiro atoms. The number of aliphatic hydroxyl groups is 1. The predicted octanol–water partition coefficient (Wildman–Crippen LogP) is 6.46. The first-order valence-corrected chi connectivity index (χ1v) is 12.2. The molecule has 0 saturated heterocycles. The number of benzene rings is 3. The zero-order valence-electron chi connectivity index (χ0n) is 19.5. The minimum atomic E-state index is -0.799. The first-order chi connectivity index (χ1) is 15.5. The van der Waals surface area contributed by atoms with Gasteiger partial charge in [-0.25, -0.2) is 0 Å². The summed E-state index contributed by atoms with van der Waals surface area (Å²) in [5.41, 5.74) is 9.34. The fraction of sp³-hybridized carbons (Fsp3) is 0.400. The third kappa shape index (κ3) is 3.70. The van der Waals surface area contributed by atoms with Crippen LogP contribution in [0.4, 0.5) is 0 Å². The maximum Gasteiger partial charge on any atom is 0.0821 e.